The fourth-order valence-corrected chi connectivity index (χ4v) is 2.85. The van der Waals surface area contributed by atoms with E-state index in [1.807, 2.05) is 35.9 Å². The summed E-state index contributed by atoms with van der Waals surface area (Å²) in [5, 5.41) is 13.8. The Hall–Kier alpha value is -2.80. The van der Waals surface area contributed by atoms with E-state index in [2.05, 4.69) is 5.32 Å². The van der Waals surface area contributed by atoms with Gasteiger partial charge in [0.1, 0.15) is 0 Å². The molecule has 2 aromatic carbocycles. The van der Waals surface area contributed by atoms with E-state index in [1.54, 1.807) is 6.20 Å². The van der Waals surface area contributed by atoms with Gasteiger partial charge in [-0.15, -0.1) is 0 Å². The van der Waals surface area contributed by atoms with Gasteiger partial charge in [-0.05, 0) is 30.3 Å². The molecule has 0 bridgehead atoms. The summed E-state index contributed by atoms with van der Waals surface area (Å²) in [5.41, 5.74) is 0.916. The molecule has 1 amide bonds. The average molecular weight is 362 g/mol. The number of hydrogen-bond donors (Lipinski definition) is 2. The van der Waals surface area contributed by atoms with Crippen LogP contribution in [-0.2, 0) is 13.2 Å². The third kappa shape index (κ3) is 3.57. The van der Waals surface area contributed by atoms with Crippen LogP contribution >= 0.6 is 0 Å². The van der Waals surface area contributed by atoms with Crippen LogP contribution in [0.1, 0.15) is 27.6 Å². The molecule has 1 atom stereocenters. The number of halogens is 3. The lowest BCUT2D eigenvalue weighted by atomic mass is 10.1. The standard InChI is InChI=1S/C19H17F3N2O2/c1-24-11-15(14-4-2-3-5-16(14)24)17(25)10-23-18(26)12-6-8-13(9-7-12)19(20,21)22/h2-9,11,17,25H,10H2,1H3,(H,23,26). The van der Waals surface area contributed by atoms with Gasteiger partial charge in [-0.1, -0.05) is 18.2 Å². The van der Waals surface area contributed by atoms with Gasteiger partial charge < -0.3 is 15.0 Å². The number of carbonyl (C=O) groups is 1. The largest absolute Gasteiger partial charge is 0.416 e. The monoisotopic (exact) mass is 362 g/mol. The van der Waals surface area contributed by atoms with Crippen LogP contribution in [0.2, 0.25) is 0 Å². The molecule has 0 aliphatic rings. The Kier molecular flexibility index (Phi) is 4.73. The number of fused-ring (bicyclic) bond motifs is 1. The third-order valence-electron chi connectivity index (χ3n) is 4.22. The highest BCUT2D eigenvalue weighted by Crippen LogP contribution is 2.29. The first-order chi connectivity index (χ1) is 12.3. The highest BCUT2D eigenvalue weighted by molar-refractivity contribution is 5.94. The van der Waals surface area contributed by atoms with Gasteiger partial charge in [0, 0.05) is 41.8 Å². The first kappa shape index (κ1) is 18.0. The Bertz CT molecular complexity index is 930. The molecule has 136 valence electrons. The summed E-state index contributed by atoms with van der Waals surface area (Å²) in [7, 11) is 1.86. The summed E-state index contributed by atoms with van der Waals surface area (Å²) in [6, 6.07) is 11.5. The number of aliphatic hydroxyl groups excluding tert-OH is 1. The number of aliphatic hydroxyl groups is 1. The van der Waals surface area contributed by atoms with Crippen molar-refractivity contribution in [3.63, 3.8) is 0 Å². The molecule has 0 radical (unpaired) electrons. The summed E-state index contributed by atoms with van der Waals surface area (Å²) in [4.78, 5) is 12.1. The molecule has 7 heteroatoms. The topological polar surface area (TPSA) is 54.3 Å². The van der Waals surface area contributed by atoms with Gasteiger partial charge in [0.05, 0.1) is 11.7 Å². The van der Waals surface area contributed by atoms with Crippen molar-refractivity contribution >= 4 is 16.8 Å². The lowest BCUT2D eigenvalue weighted by Gasteiger charge is -2.12. The second-order valence-electron chi connectivity index (χ2n) is 6.01. The SMILES string of the molecule is Cn1cc(C(O)CNC(=O)c2ccc(C(F)(F)F)cc2)c2ccccc21. The van der Waals surface area contributed by atoms with Crippen molar-refractivity contribution in [1.29, 1.82) is 0 Å². The van der Waals surface area contributed by atoms with Crippen LogP contribution in [0.4, 0.5) is 13.2 Å². The van der Waals surface area contributed by atoms with Crippen molar-refractivity contribution in [2.45, 2.75) is 12.3 Å². The summed E-state index contributed by atoms with van der Waals surface area (Å²) < 4.78 is 39.5. The number of para-hydroxylation sites is 1. The number of carbonyl (C=O) groups excluding carboxylic acids is 1. The molecule has 1 heterocycles. The summed E-state index contributed by atoms with van der Waals surface area (Å²) in [5.74, 6) is -0.544. The average Bonchev–Trinajstić information content (AvgIpc) is 2.96. The van der Waals surface area contributed by atoms with Crippen LogP contribution in [0.3, 0.4) is 0 Å². The summed E-state index contributed by atoms with van der Waals surface area (Å²) in [6.45, 7) is -0.0478. The number of alkyl halides is 3. The van der Waals surface area contributed by atoms with Crippen molar-refractivity contribution in [1.82, 2.24) is 9.88 Å². The van der Waals surface area contributed by atoms with Crippen LogP contribution in [0.15, 0.2) is 54.7 Å². The molecule has 2 N–H and O–H groups in total. The predicted molar refractivity (Wildman–Crippen MR) is 91.7 cm³/mol. The first-order valence-electron chi connectivity index (χ1n) is 7.95. The van der Waals surface area contributed by atoms with Gasteiger partial charge in [0.2, 0.25) is 0 Å². The summed E-state index contributed by atoms with van der Waals surface area (Å²) in [6.07, 6.45) is -3.58. The molecule has 3 aromatic rings. The molecule has 4 nitrogen and oxygen atoms in total. The Balaban J connectivity index is 1.69. The highest BCUT2D eigenvalue weighted by atomic mass is 19.4. The number of amides is 1. The van der Waals surface area contributed by atoms with Crippen LogP contribution in [0, 0.1) is 0 Å². The molecule has 1 aromatic heterocycles. The maximum Gasteiger partial charge on any atom is 0.416 e. The Labute approximate surface area is 147 Å². The van der Waals surface area contributed by atoms with Gasteiger partial charge in [0.15, 0.2) is 0 Å². The maximum absolute atomic E-state index is 12.6. The van der Waals surface area contributed by atoms with Crippen molar-refractivity contribution in [3.05, 3.63) is 71.4 Å². The second-order valence-corrected chi connectivity index (χ2v) is 6.01. The minimum Gasteiger partial charge on any atom is -0.386 e. The summed E-state index contributed by atoms with van der Waals surface area (Å²) >= 11 is 0. The number of benzene rings is 2. The normalized spacial score (nSPS) is 13.0. The maximum atomic E-state index is 12.6. The smallest absolute Gasteiger partial charge is 0.386 e. The lowest BCUT2D eigenvalue weighted by Crippen LogP contribution is -2.28. The number of nitrogens with zero attached hydrogens (tertiary/aromatic N) is 1. The quantitative estimate of drug-likeness (QED) is 0.744. The van der Waals surface area contributed by atoms with Crippen LogP contribution in [-0.4, -0.2) is 22.1 Å². The zero-order valence-corrected chi connectivity index (χ0v) is 13.9. The Morgan fingerprint density at radius 3 is 2.46 bits per heavy atom. The molecule has 0 fully saturated rings. The molecule has 0 saturated carbocycles. The van der Waals surface area contributed by atoms with E-state index in [1.165, 1.54) is 0 Å². The fourth-order valence-electron chi connectivity index (χ4n) is 2.85. The van der Waals surface area contributed by atoms with Crippen molar-refractivity contribution < 1.29 is 23.1 Å². The van der Waals surface area contributed by atoms with E-state index in [0.717, 1.165) is 35.2 Å². The number of aryl methyl sites for hydroxylation is 1. The van der Waals surface area contributed by atoms with Crippen molar-refractivity contribution in [2.24, 2.45) is 7.05 Å². The highest BCUT2D eigenvalue weighted by Gasteiger charge is 2.30. The minimum atomic E-state index is -4.44. The van der Waals surface area contributed by atoms with E-state index in [4.69, 9.17) is 0 Å². The van der Waals surface area contributed by atoms with Gasteiger partial charge in [-0.2, -0.15) is 13.2 Å². The molecule has 3 rings (SSSR count). The number of rotatable bonds is 4. The molecular weight excluding hydrogens is 345 g/mol. The molecule has 0 spiro atoms. The van der Waals surface area contributed by atoms with Crippen LogP contribution < -0.4 is 5.32 Å². The molecule has 0 aliphatic heterocycles. The van der Waals surface area contributed by atoms with Gasteiger partial charge >= 0.3 is 6.18 Å². The zero-order chi connectivity index (χ0) is 18.9. The molecule has 0 aliphatic carbocycles. The van der Waals surface area contributed by atoms with Crippen molar-refractivity contribution in [2.75, 3.05) is 6.54 Å². The van der Waals surface area contributed by atoms with Crippen LogP contribution in [0.5, 0.6) is 0 Å². The fraction of sp³-hybridized carbons (Fsp3) is 0.211. The third-order valence-corrected chi connectivity index (χ3v) is 4.22. The van der Waals surface area contributed by atoms with Gasteiger partial charge in [0.25, 0.3) is 5.91 Å². The molecule has 0 saturated heterocycles. The minimum absolute atomic E-state index is 0.0478. The van der Waals surface area contributed by atoms with E-state index < -0.39 is 23.8 Å². The lowest BCUT2D eigenvalue weighted by molar-refractivity contribution is -0.137. The van der Waals surface area contributed by atoms with Gasteiger partial charge in [-0.25, -0.2) is 0 Å². The van der Waals surface area contributed by atoms with E-state index in [0.29, 0.717) is 5.56 Å². The predicted octanol–water partition coefficient (Wildman–Crippen LogP) is 3.66. The molecular formula is C19H17F3N2O2. The number of nitrogens with one attached hydrogen (secondary N) is 1. The second kappa shape index (κ2) is 6.84. The van der Waals surface area contributed by atoms with Gasteiger partial charge in [-0.3, -0.25) is 4.79 Å². The van der Waals surface area contributed by atoms with E-state index in [-0.39, 0.29) is 12.1 Å². The molecule has 26 heavy (non-hydrogen) atoms. The Morgan fingerprint density at radius 1 is 1.15 bits per heavy atom. The van der Waals surface area contributed by atoms with Crippen molar-refractivity contribution in [3.8, 4) is 0 Å². The zero-order valence-electron chi connectivity index (χ0n) is 13.9. The first-order valence-corrected chi connectivity index (χ1v) is 7.95. The number of hydrogen-bond acceptors (Lipinski definition) is 2. The molecule has 1 unspecified atom stereocenters. The Morgan fingerprint density at radius 2 is 1.81 bits per heavy atom. The van der Waals surface area contributed by atoms with Crippen LogP contribution in [0.25, 0.3) is 10.9 Å². The van der Waals surface area contributed by atoms with E-state index in [9.17, 15) is 23.1 Å². The van der Waals surface area contributed by atoms with E-state index >= 15 is 0 Å². The number of aromatic nitrogens is 1.